The van der Waals surface area contributed by atoms with Crippen LogP contribution in [0, 0.1) is 0 Å². The number of hydrogen-bond acceptors (Lipinski definition) is 3. The maximum absolute atomic E-state index is 5.62. The van der Waals surface area contributed by atoms with Crippen molar-refractivity contribution in [2.24, 2.45) is 5.73 Å². The highest BCUT2D eigenvalue weighted by molar-refractivity contribution is 5.47. The van der Waals surface area contributed by atoms with Gasteiger partial charge in [-0.15, -0.1) is 0 Å². The van der Waals surface area contributed by atoms with Crippen molar-refractivity contribution in [2.45, 2.75) is 19.4 Å². The van der Waals surface area contributed by atoms with Gasteiger partial charge in [0.15, 0.2) is 0 Å². The van der Waals surface area contributed by atoms with Crippen molar-refractivity contribution in [1.29, 1.82) is 0 Å². The maximum atomic E-state index is 5.62. The van der Waals surface area contributed by atoms with Crippen LogP contribution in [0.3, 0.4) is 0 Å². The molecular weight excluding hydrogens is 200 g/mol. The number of rotatable bonds is 7. The third-order valence-corrected chi connectivity index (χ3v) is 2.68. The Hall–Kier alpha value is -1.06. The molecule has 0 radical (unpaired) electrons. The van der Waals surface area contributed by atoms with E-state index in [9.17, 15) is 0 Å². The monoisotopic (exact) mass is 222 g/mol. The zero-order valence-corrected chi connectivity index (χ0v) is 10.3. The zero-order valence-electron chi connectivity index (χ0n) is 10.3. The molecule has 90 valence electrons. The van der Waals surface area contributed by atoms with Crippen molar-refractivity contribution in [3.05, 3.63) is 29.8 Å². The Morgan fingerprint density at radius 2 is 2.12 bits per heavy atom. The molecule has 0 atom stereocenters. The van der Waals surface area contributed by atoms with Gasteiger partial charge in [0.05, 0.1) is 0 Å². The van der Waals surface area contributed by atoms with Crippen LogP contribution in [-0.2, 0) is 11.3 Å². The van der Waals surface area contributed by atoms with Gasteiger partial charge in [0.1, 0.15) is 0 Å². The van der Waals surface area contributed by atoms with Crippen molar-refractivity contribution in [3.63, 3.8) is 0 Å². The van der Waals surface area contributed by atoms with E-state index in [1.165, 1.54) is 11.3 Å². The van der Waals surface area contributed by atoms with E-state index in [2.05, 4.69) is 36.2 Å². The van der Waals surface area contributed by atoms with Crippen LogP contribution in [0.25, 0.3) is 0 Å². The third-order valence-electron chi connectivity index (χ3n) is 2.68. The molecular formula is C13H22N2O. The normalized spacial score (nSPS) is 10.4. The quantitative estimate of drug-likeness (QED) is 0.717. The van der Waals surface area contributed by atoms with Gasteiger partial charge in [-0.2, -0.15) is 0 Å². The van der Waals surface area contributed by atoms with Gasteiger partial charge in [0.25, 0.3) is 0 Å². The van der Waals surface area contributed by atoms with Crippen LogP contribution in [0.5, 0.6) is 0 Å². The number of hydrogen-bond donors (Lipinski definition) is 1. The molecule has 2 N–H and O–H groups in total. The summed E-state index contributed by atoms with van der Waals surface area (Å²) in [5, 5.41) is 0. The third kappa shape index (κ3) is 4.21. The maximum Gasteiger partial charge on any atom is 0.0462 e. The second-order valence-electron chi connectivity index (χ2n) is 4.00. The highest BCUT2D eigenvalue weighted by Crippen LogP contribution is 2.14. The molecule has 0 heterocycles. The predicted octanol–water partition coefficient (Wildman–Crippen LogP) is 2.01. The number of nitrogens with zero attached hydrogens (tertiary/aromatic N) is 1. The minimum absolute atomic E-state index is 0.603. The molecule has 0 saturated carbocycles. The van der Waals surface area contributed by atoms with E-state index < -0.39 is 0 Å². The van der Waals surface area contributed by atoms with Crippen LogP contribution in [0.1, 0.15) is 18.4 Å². The summed E-state index contributed by atoms with van der Waals surface area (Å²) < 4.78 is 5.03. The number of nitrogens with two attached hydrogens (primary N) is 1. The molecule has 3 nitrogen and oxygen atoms in total. The smallest absolute Gasteiger partial charge is 0.0462 e. The topological polar surface area (TPSA) is 38.5 Å². The molecule has 0 amide bonds. The van der Waals surface area contributed by atoms with E-state index >= 15 is 0 Å². The van der Waals surface area contributed by atoms with Gasteiger partial charge in [-0.25, -0.2) is 0 Å². The fraction of sp³-hybridized carbons (Fsp3) is 0.538. The van der Waals surface area contributed by atoms with E-state index in [-0.39, 0.29) is 0 Å². The molecule has 0 aliphatic rings. The van der Waals surface area contributed by atoms with Gasteiger partial charge in [-0.05, 0) is 30.5 Å². The van der Waals surface area contributed by atoms with Crippen molar-refractivity contribution >= 4 is 5.69 Å². The van der Waals surface area contributed by atoms with Crippen LogP contribution >= 0.6 is 0 Å². The van der Waals surface area contributed by atoms with Crippen LogP contribution in [0.15, 0.2) is 24.3 Å². The van der Waals surface area contributed by atoms with Crippen molar-refractivity contribution in [2.75, 3.05) is 32.2 Å². The summed E-state index contributed by atoms with van der Waals surface area (Å²) in [7, 11) is 3.86. The SMILES string of the molecule is COCCCCN(C)c1cccc(CN)c1. The fourth-order valence-electron chi connectivity index (χ4n) is 1.65. The highest BCUT2D eigenvalue weighted by atomic mass is 16.5. The van der Waals surface area contributed by atoms with E-state index in [1.807, 2.05) is 0 Å². The first-order chi connectivity index (χ1) is 7.77. The van der Waals surface area contributed by atoms with Gasteiger partial charge >= 0.3 is 0 Å². The molecule has 16 heavy (non-hydrogen) atoms. The Bertz CT molecular complexity index is 302. The van der Waals surface area contributed by atoms with Crippen LogP contribution in [0.2, 0.25) is 0 Å². The van der Waals surface area contributed by atoms with Crippen LogP contribution < -0.4 is 10.6 Å². The highest BCUT2D eigenvalue weighted by Gasteiger charge is 2.00. The lowest BCUT2D eigenvalue weighted by atomic mass is 10.2. The van der Waals surface area contributed by atoms with E-state index in [0.717, 1.165) is 26.0 Å². The Morgan fingerprint density at radius 1 is 1.31 bits per heavy atom. The Labute approximate surface area is 98.2 Å². The number of unbranched alkanes of at least 4 members (excludes halogenated alkanes) is 1. The number of ether oxygens (including phenoxy) is 1. The summed E-state index contributed by atoms with van der Waals surface area (Å²) in [5.41, 5.74) is 8.04. The van der Waals surface area contributed by atoms with Crippen LogP contribution in [-0.4, -0.2) is 27.3 Å². The fourth-order valence-corrected chi connectivity index (χ4v) is 1.65. The lowest BCUT2D eigenvalue weighted by Crippen LogP contribution is -2.19. The van der Waals surface area contributed by atoms with E-state index in [4.69, 9.17) is 10.5 Å². The average Bonchev–Trinajstić information content (AvgIpc) is 2.34. The molecule has 0 aromatic heterocycles. The molecule has 1 rings (SSSR count). The van der Waals surface area contributed by atoms with Gasteiger partial charge in [-0.3, -0.25) is 0 Å². The van der Waals surface area contributed by atoms with Crippen molar-refractivity contribution in [3.8, 4) is 0 Å². The summed E-state index contributed by atoms with van der Waals surface area (Å²) in [5.74, 6) is 0. The van der Waals surface area contributed by atoms with E-state index in [1.54, 1.807) is 7.11 Å². The first kappa shape index (κ1) is 13.0. The van der Waals surface area contributed by atoms with E-state index in [0.29, 0.717) is 6.54 Å². The Kier molecular flexibility index (Phi) is 5.90. The average molecular weight is 222 g/mol. The standard InChI is InChI=1S/C13H22N2O/c1-15(8-3-4-9-16-2)13-7-5-6-12(10-13)11-14/h5-7,10H,3-4,8-9,11,14H2,1-2H3. The van der Waals surface area contributed by atoms with Gasteiger partial charge in [0.2, 0.25) is 0 Å². The lowest BCUT2D eigenvalue weighted by Gasteiger charge is -2.19. The first-order valence-electron chi connectivity index (χ1n) is 5.77. The number of anilines is 1. The molecule has 0 spiro atoms. The number of benzene rings is 1. The molecule has 0 aliphatic carbocycles. The van der Waals surface area contributed by atoms with Crippen molar-refractivity contribution in [1.82, 2.24) is 0 Å². The Morgan fingerprint density at radius 3 is 2.81 bits per heavy atom. The number of methoxy groups -OCH3 is 1. The minimum atomic E-state index is 0.603. The largest absolute Gasteiger partial charge is 0.385 e. The predicted molar refractivity (Wildman–Crippen MR) is 68.7 cm³/mol. The molecule has 0 fully saturated rings. The van der Waals surface area contributed by atoms with Gasteiger partial charge < -0.3 is 15.4 Å². The molecule has 1 aromatic carbocycles. The van der Waals surface area contributed by atoms with Gasteiger partial charge in [0, 0.05) is 39.5 Å². The molecule has 1 aromatic rings. The summed E-state index contributed by atoms with van der Waals surface area (Å²) in [6, 6.07) is 8.39. The van der Waals surface area contributed by atoms with Gasteiger partial charge in [-0.1, -0.05) is 12.1 Å². The molecule has 3 heteroatoms. The molecule has 0 saturated heterocycles. The minimum Gasteiger partial charge on any atom is -0.385 e. The summed E-state index contributed by atoms with van der Waals surface area (Å²) in [4.78, 5) is 2.26. The first-order valence-corrected chi connectivity index (χ1v) is 5.77. The van der Waals surface area contributed by atoms with Crippen molar-refractivity contribution < 1.29 is 4.74 Å². The Balaban J connectivity index is 2.42. The van der Waals surface area contributed by atoms with Crippen LogP contribution in [0.4, 0.5) is 5.69 Å². The summed E-state index contributed by atoms with van der Waals surface area (Å²) >= 11 is 0. The molecule has 0 aliphatic heterocycles. The summed E-state index contributed by atoms with van der Waals surface area (Å²) in [6.45, 7) is 2.50. The second kappa shape index (κ2) is 7.25. The second-order valence-corrected chi connectivity index (χ2v) is 4.00. The zero-order chi connectivity index (χ0) is 11.8. The molecule has 0 unspecified atom stereocenters. The molecule has 0 bridgehead atoms. The lowest BCUT2D eigenvalue weighted by molar-refractivity contribution is 0.193. The summed E-state index contributed by atoms with van der Waals surface area (Å²) in [6.07, 6.45) is 2.26.